The van der Waals surface area contributed by atoms with E-state index in [1.54, 1.807) is 30.6 Å². The van der Waals surface area contributed by atoms with Crippen molar-refractivity contribution in [1.82, 2.24) is 15.2 Å². The van der Waals surface area contributed by atoms with Crippen LogP contribution in [0.2, 0.25) is 0 Å². The smallest absolute Gasteiger partial charge is 0.315 e. The van der Waals surface area contributed by atoms with Crippen molar-refractivity contribution in [2.75, 3.05) is 31.7 Å². The number of thioether (sulfide) groups is 2. The van der Waals surface area contributed by atoms with Crippen LogP contribution in [0.25, 0.3) is 6.08 Å². The van der Waals surface area contributed by atoms with Crippen molar-refractivity contribution in [1.29, 1.82) is 0 Å². The molecule has 2 heterocycles. The highest BCUT2D eigenvalue weighted by Crippen LogP contribution is 2.31. The lowest BCUT2D eigenvalue weighted by molar-refractivity contribution is -0.137. The second-order valence-corrected chi connectivity index (χ2v) is 7.02. The highest BCUT2D eigenvalue weighted by molar-refractivity contribution is 8.18. The van der Waals surface area contributed by atoms with Crippen LogP contribution < -0.4 is 5.32 Å². The lowest BCUT2D eigenvalue weighted by atomic mass is 10.2. The number of nitrogens with zero attached hydrogens (tertiary/aromatic N) is 2. The first-order valence-electron chi connectivity index (χ1n) is 7.58. The van der Waals surface area contributed by atoms with Gasteiger partial charge in [0.2, 0.25) is 5.91 Å². The van der Waals surface area contributed by atoms with Gasteiger partial charge in [0.1, 0.15) is 0 Å². The highest BCUT2D eigenvalue weighted by atomic mass is 32.2. The molecule has 8 nitrogen and oxygen atoms in total. The van der Waals surface area contributed by atoms with E-state index in [9.17, 15) is 19.2 Å². The third kappa shape index (κ3) is 5.88. The van der Waals surface area contributed by atoms with Crippen molar-refractivity contribution >= 4 is 52.6 Å². The Balaban J connectivity index is 1.78. The maximum Gasteiger partial charge on any atom is 0.315 e. The topological polar surface area (TPSA) is 106 Å². The van der Waals surface area contributed by atoms with E-state index in [1.807, 2.05) is 0 Å². The van der Waals surface area contributed by atoms with Crippen molar-refractivity contribution < 1.29 is 23.9 Å². The summed E-state index contributed by atoms with van der Waals surface area (Å²) in [5, 5.41) is 2.23. The maximum absolute atomic E-state index is 12.3. The average Bonchev–Trinajstić information content (AvgIpc) is 2.89. The monoisotopic (exact) mass is 395 g/mol. The summed E-state index contributed by atoms with van der Waals surface area (Å²) in [6, 6.07) is 3.52. The fourth-order valence-corrected chi connectivity index (χ4v) is 3.49. The molecule has 0 saturated carbocycles. The minimum atomic E-state index is -0.402. The van der Waals surface area contributed by atoms with Gasteiger partial charge >= 0.3 is 5.97 Å². The molecule has 3 amide bonds. The Morgan fingerprint density at radius 3 is 2.88 bits per heavy atom. The van der Waals surface area contributed by atoms with Gasteiger partial charge in [-0.1, -0.05) is 6.07 Å². The summed E-state index contributed by atoms with van der Waals surface area (Å²) >= 11 is 1.98. The van der Waals surface area contributed by atoms with Crippen LogP contribution in [0.5, 0.6) is 0 Å². The van der Waals surface area contributed by atoms with Gasteiger partial charge < -0.3 is 10.1 Å². The van der Waals surface area contributed by atoms with Crippen LogP contribution in [0.1, 0.15) is 5.56 Å². The van der Waals surface area contributed by atoms with Gasteiger partial charge in [-0.3, -0.25) is 29.1 Å². The molecule has 1 aliphatic rings. The van der Waals surface area contributed by atoms with Crippen molar-refractivity contribution in [3.63, 3.8) is 0 Å². The SMILES string of the molecule is COC(=O)CSCC(=O)NCCN1C(=O)S/C(=C\c2cccnc2)C1=O. The molecule has 0 atom stereocenters. The summed E-state index contributed by atoms with van der Waals surface area (Å²) in [6.45, 7) is 0.234. The zero-order valence-electron chi connectivity index (χ0n) is 14.0. The molecule has 0 radical (unpaired) electrons. The molecule has 138 valence electrons. The predicted octanol–water partition coefficient (Wildman–Crippen LogP) is 1.14. The first-order valence-corrected chi connectivity index (χ1v) is 9.55. The van der Waals surface area contributed by atoms with E-state index in [0.717, 1.165) is 34.0 Å². The summed E-state index contributed by atoms with van der Waals surface area (Å²) in [6.07, 6.45) is 4.83. The Morgan fingerprint density at radius 2 is 2.19 bits per heavy atom. The van der Waals surface area contributed by atoms with E-state index >= 15 is 0 Å². The molecule has 1 aliphatic heterocycles. The average molecular weight is 395 g/mol. The van der Waals surface area contributed by atoms with E-state index in [2.05, 4.69) is 15.0 Å². The van der Waals surface area contributed by atoms with Crippen LogP contribution in [0, 0.1) is 0 Å². The largest absolute Gasteiger partial charge is 0.468 e. The van der Waals surface area contributed by atoms with E-state index < -0.39 is 11.9 Å². The number of hydrogen-bond donors (Lipinski definition) is 1. The summed E-state index contributed by atoms with van der Waals surface area (Å²) in [4.78, 5) is 52.3. The third-order valence-electron chi connectivity index (χ3n) is 3.19. The first-order chi connectivity index (χ1) is 12.5. The molecule has 0 aliphatic carbocycles. The Bertz CT molecular complexity index is 724. The number of ether oxygens (including phenoxy) is 1. The number of hydrogen-bond acceptors (Lipinski definition) is 8. The number of nitrogens with one attached hydrogen (secondary N) is 1. The van der Waals surface area contributed by atoms with Crippen LogP contribution >= 0.6 is 23.5 Å². The van der Waals surface area contributed by atoms with Gasteiger partial charge in [0, 0.05) is 25.5 Å². The number of aromatic nitrogens is 1. The predicted molar refractivity (Wildman–Crippen MR) is 99.3 cm³/mol. The van der Waals surface area contributed by atoms with Crippen molar-refractivity contribution in [2.24, 2.45) is 0 Å². The standard InChI is InChI=1S/C16H17N3O5S2/c1-24-14(21)10-25-9-13(20)18-5-6-19-15(22)12(26-16(19)23)7-11-3-2-4-17-8-11/h2-4,7-8H,5-6,9-10H2,1H3,(H,18,20)/b12-7-. The highest BCUT2D eigenvalue weighted by Gasteiger charge is 2.34. The molecule has 0 unspecified atom stereocenters. The molecule has 1 aromatic rings. The molecule has 10 heteroatoms. The number of carbonyl (C=O) groups is 4. The van der Waals surface area contributed by atoms with Crippen molar-refractivity contribution in [3.05, 3.63) is 35.0 Å². The lowest BCUT2D eigenvalue weighted by Crippen LogP contribution is -2.37. The number of rotatable bonds is 8. The zero-order valence-corrected chi connectivity index (χ0v) is 15.6. The summed E-state index contributed by atoms with van der Waals surface area (Å²) in [5.41, 5.74) is 0.730. The van der Waals surface area contributed by atoms with E-state index in [-0.39, 0.29) is 35.7 Å². The summed E-state index contributed by atoms with van der Waals surface area (Å²) < 4.78 is 4.47. The van der Waals surface area contributed by atoms with Crippen LogP contribution in [0.15, 0.2) is 29.4 Å². The number of carbonyl (C=O) groups excluding carboxylic acids is 4. The van der Waals surface area contributed by atoms with E-state index in [4.69, 9.17) is 0 Å². The normalized spacial score (nSPS) is 15.4. The Labute approximate surface area is 158 Å². The first kappa shape index (κ1) is 20.0. The van der Waals surface area contributed by atoms with Gasteiger partial charge in [-0.25, -0.2) is 0 Å². The molecule has 2 rings (SSSR count). The lowest BCUT2D eigenvalue weighted by Gasteiger charge is -2.12. The van der Waals surface area contributed by atoms with Gasteiger partial charge in [-0.2, -0.15) is 0 Å². The molecule has 1 N–H and O–H groups in total. The molecular formula is C16H17N3O5S2. The van der Waals surface area contributed by atoms with Gasteiger partial charge in [0.15, 0.2) is 0 Å². The minimum Gasteiger partial charge on any atom is -0.468 e. The summed E-state index contributed by atoms with van der Waals surface area (Å²) in [7, 11) is 1.28. The number of esters is 1. The van der Waals surface area contributed by atoms with E-state index in [0.29, 0.717) is 4.91 Å². The maximum atomic E-state index is 12.3. The quantitative estimate of drug-likeness (QED) is 0.516. The Kier molecular flexibility index (Phi) is 7.67. The van der Waals surface area contributed by atoms with Gasteiger partial charge in [-0.15, -0.1) is 11.8 Å². The van der Waals surface area contributed by atoms with Gasteiger partial charge in [0.05, 0.1) is 23.5 Å². The van der Waals surface area contributed by atoms with Crippen LogP contribution in [0.3, 0.4) is 0 Å². The molecule has 1 fully saturated rings. The van der Waals surface area contributed by atoms with Crippen LogP contribution in [0.4, 0.5) is 4.79 Å². The number of amides is 3. The molecule has 0 aromatic carbocycles. The van der Waals surface area contributed by atoms with Crippen molar-refractivity contribution in [2.45, 2.75) is 0 Å². The van der Waals surface area contributed by atoms with Gasteiger partial charge in [-0.05, 0) is 29.5 Å². The second-order valence-electron chi connectivity index (χ2n) is 5.04. The molecule has 0 bridgehead atoms. The van der Waals surface area contributed by atoms with E-state index in [1.165, 1.54) is 7.11 Å². The fraction of sp³-hybridized carbons (Fsp3) is 0.312. The second kappa shape index (κ2) is 9.97. The molecule has 26 heavy (non-hydrogen) atoms. The fourth-order valence-electron chi connectivity index (χ4n) is 1.95. The Hall–Kier alpha value is -2.33. The summed E-state index contributed by atoms with van der Waals surface area (Å²) in [5.74, 6) is -0.889. The molecular weight excluding hydrogens is 378 g/mol. The van der Waals surface area contributed by atoms with Crippen LogP contribution in [-0.2, 0) is 19.1 Å². The van der Waals surface area contributed by atoms with Gasteiger partial charge in [0.25, 0.3) is 11.1 Å². The number of imide groups is 1. The molecule has 0 spiro atoms. The zero-order chi connectivity index (χ0) is 18.9. The Morgan fingerprint density at radius 1 is 1.38 bits per heavy atom. The molecule has 1 aromatic heterocycles. The van der Waals surface area contributed by atoms with Crippen LogP contribution in [-0.4, -0.2) is 64.6 Å². The number of pyridine rings is 1. The third-order valence-corrected chi connectivity index (χ3v) is 5.01. The minimum absolute atomic E-state index is 0.0858. The van der Waals surface area contributed by atoms with Crippen molar-refractivity contribution in [3.8, 4) is 0 Å². The molecule has 1 saturated heterocycles. The number of methoxy groups -OCH3 is 1.